The highest BCUT2D eigenvalue weighted by Crippen LogP contribution is 2.36. The molecule has 0 saturated heterocycles. The van der Waals surface area contributed by atoms with E-state index >= 15 is 0 Å². The fraction of sp³-hybridized carbons (Fsp3) is 0.833. The Balaban J connectivity index is 0. The molecule has 1 unspecified atom stereocenters. The molecule has 1 rings (SSSR count). The summed E-state index contributed by atoms with van der Waals surface area (Å²) in [5.41, 5.74) is 0. The van der Waals surface area contributed by atoms with Gasteiger partial charge in [-0.3, -0.25) is 4.79 Å². The summed E-state index contributed by atoms with van der Waals surface area (Å²) in [6, 6.07) is 0. The molecule has 1 aliphatic rings. The maximum absolute atomic E-state index is 10.2. The predicted octanol–water partition coefficient (Wildman–Crippen LogP) is 1.96. The van der Waals surface area contributed by atoms with Crippen LogP contribution in [0, 0.1) is 11.8 Å². The highest BCUT2D eigenvalue weighted by Gasteiger charge is 2.32. The van der Waals surface area contributed by atoms with Gasteiger partial charge in [-0.15, -0.1) is 24.8 Å². The van der Waals surface area contributed by atoms with E-state index < -0.39 is 5.97 Å². The molecule has 62 valence electrons. The van der Waals surface area contributed by atoms with Crippen molar-refractivity contribution in [3.05, 3.63) is 0 Å². The molecule has 0 aromatic heterocycles. The standard InChI is InChI=1S/C6H10O2.2ClH/c1-4(6(7)8)5-2-3-5;;/h4-5H,2-3H2,1H3,(H,7,8);2*1H. The summed E-state index contributed by atoms with van der Waals surface area (Å²) >= 11 is 0. The minimum Gasteiger partial charge on any atom is -0.481 e. The van der Waals surface area contributed by atoms with Crippen molar-refractivity contribution >= 4 is 30.8 Å². The fourth-order valence-electron chi connectivity index (χ4n) is 0.798. The van der Waals surface area contributed by atoms with Gasteiger partial charge in [-0.1, -0.05) is 6.92 Å². The van der Waals surface area contributed by atoms with Gasteiger partial charge in [0.1, 0.15) is 0 Å². The van der Waals surface area contributed by atoms with Crippen molar-refractivity contribution in [2.24, 2.45) is 11.8 Å². The van der Waals surface area contributed by atoms with Crippen LogP contribution in [0.1, 0.15) is 19.8 Å². The van der Waals surface area contributed by atoms with Gasteiger partial charge in [0.25, 0.3) is 0 Å². The van der Waals surface area contributed by atoms with Crippen LogP contribution in [0.2, 0.25) is 0 Å². The minimum absolute atomic E-state index is 0. The Labute approximate surface area is 72.8 Å². The molecular weight excluding hydrogens is 175 g/mol. The molecule has 0 aromatic rings. The number of carboxylic acid groups (broad SMARTS) is 1. The molecule has 10 heavy (non-hydrogen) atoms. The summed E-state index contributed by atoms with van der Waals surface area (Å²) in [4.78, 5) is 10.2. The van der Waals surface area contributed by atoms with Crippen LogP contribution in [-0.4, -0.2) is 11.1 Å². The van der Waals surface area contributed by atoms with E-state index in [4.69, 9.17) is 5.11 Å². The van der Waals surface area contributed by atoms with E-state index in [1.807, 2.05) is 0 Å². The third-order valence-corrected chi connectivity index (χ3v) is 1.72. The summed E-state index contributed by atoms with van der Waals surface area (Å²) in [5.74, 6) is -0.255. The Morgan fingerprint density at radius 1 is 1.50 bits per heavy atom. The first-order valence-corrected chi connectivity index (χ1v) is 2.94. The molecule has 2 nitrogen and oxygen atoms in total. The lowest BCUT2D eigenvalue weighted by molar-refractivity contribution is -0.141. The van der Waals surface area contributed by atoms with E-state index in [9.17, 15) is 4.79 Å². The number of aliphatic carboxylic acids is 1. The zero-order valence-corrected chi connectivity index (χ0v) is 7.37. The van der Waals surface area contributed by atoms with E-state index in [-0.39, 0.29) is 30.7 Å². The van der Waals surface area contributed by atoms with E-state index in [1.165, 1.54) is 0 Å². The van der Waals surface area contributed by atoms with Crippen LogP contribution in [0.3, 0.4) is 0 Å². The molecule has 0 spiro atoms. The summed E-state index contributed by atoms with van der Waals surface area (Å²) in [7, 11) is 0. The Morgan fingerprint density at radius 3 is 2.00 bits per heavy atom. The third-order valence-electron chi connectivity index (χ3n) is 1.72. The predicted molar refractivity (Wildman–Crippen MR) is 44.0 cm³/mol. The van der Waals surface area contributed by atoms with Crippen LogP contribution in [0.25, 0.3) is 0 Å². The summed E-state index contributed by atoms with van der Waals surface area (Å²) in [5, 5.41) is 8.39. The first-order chi connectivity index (χ1) is 3.72. The topological polar surface area (TPSA) is 37.3 Å². The average molecular weight is 187 g/mol. The maximum Gasteiger partial charge on any atom is 0.306 e. The molecule has 1 saturated carbocycles. The van der Waals surface area contributed by atoms with Gasteiger partial charge in [0, 0.05) is 0 Å². The lowest BCUT2D eigenvalue weighted by atomic mass is 10.1. The fourth-order valence-corrected chi connectivity index (χ4v) is 0.798. The van der Waals surface area contributed by atoms with E-state index in [2.05, 4.69) is 0 Å². The molecule has 1 fully saturated rings. The Bertz CT molecular complexity index is 112. The smallest absolute Gasteiger partial charge is 0.306 e. The number of carboxylic acids is 1. The Hall–Kier alpha value is 0.0500. The number of rotatable bonds is 2. The maximum atomic E-state index is 10.2. The second-order valence-electron chi connectivity index (χ2n) is 2.46. The van der Waals surface area contributed by atoms with Crippen LogP contribution in [0.5, 0.6) is 0 Å². The minimum atomic E-state index is -0.646. The first-order valence-electron chi connectivity index (χ1n) is 2.94. The second kappa shape index (κ2) is 4.80. The summed E-state index contributed by atoms with van der Waals surface area (Å²) in [6.45, 7) is 1.78. The van der Waals surface area contributed by atoms with Crippen molar-refractivity contribution < 1.29 is 9.90 Å². The highest BCUT2D eigenvalue weighted by molar-refractivity contribution is 5.85. The molecule has 0 radical (unpaired) electrons. The second-order valence-corrected chi connectivity index (χ2v) is 2.46. The number of halogens is 2. The molecule has 1 aliphatic carbocycles. The van der Waals surface area contributed by atoms with Gasteiger partial charge in [0.2, 0.25) is 0 Å². The zero-order valence-electron chi connectivity index (χ0n) is 5.74. The number of carbonyl (C=O) groups is 1. The monoisotopic (exact) mass is 186 g/mol. The van der Waals surface area contributed by atoms with Gasteiger partial charge in [0.15, 0.2) is 0 Å². The number of hydrogen-bond donors (Lipinski definition) is 1. The van der Waals surface area contributed by atoms with Gasteiger partial charge in [-0.25, -0.2) is 0 Å². The average Bonchev–Trinajstić information content (AvgIpc) is 2.43. The van der Waals surface area contributed by atoms with Crippen molar-refractivity contribution in [1.82, 2.24) is 0 Å². The van der Waals surface area contributed by atoms with Gasteiger partial charge in [-0.2, -0.15) is 0 Å². The van der Waals surface area contributed by atoms with E-state index in [0.29, 0.717) is 5.92 Å². The summed E-state index contributed by atoms with van der Waals surface area (Å²) in [6.07, 6.45) is 2.24. The summed E-state index contributed by atoms with van der Waals surface area (Å²) < 4.78 is 0. The quantitative estimate of drug-likeness (QED) is 0.717. The number of hydrogen-bond acceptors (Lipinski definition) is 1. The first kappa shape index (κ1) is 12.7. The Morgan fingerprint density at radius 2 is 1.90 bits per heavy atom. The van der Waals surface area contributed by atoms with Crippen molar-refractivity contribution in [3.8, 4) is 0 Å². The van der Waals surface area contributed by atoms with E-state index in [0.717, 1.165) is 12.8 Å². The van der Waals surface area contributed by atoms with Gasteiger partial charge in [0.05, 0.1) is 5.92 Å². The van der Waals surface area contributed by atoms with Crippen LogP contribution < -0.4 is 0 Å². The molecule has 0 aromatic carbocycles. The lowest BCUT2D eigenvalue weighted by Crippen LogP contribution is -2.10. The SMILES string of the molecule is CC(C(=O)O)C1CC1.Cl.Cl. The normalized spacial score (nSPS) is 18.1. The molecule has 0 bridgehead atoms. The van der Waals surface area contributed by atoms with Crippen molar-refractivity contribution in [2.75, 3.05) is 0 Å². The van der Waals surface area contributed by atoms with Crippen LogP contribution in [-0.2, 0) is 4.79 Å². The van der Waals surface area contributed by atoms with Gasteiger partial charge in [-0.05, 0) is 18.8 Å². The van der Waals surface area contributed by atoms with Gasteiger partial charge < -0.3 is 5.11 Å². The molecule has 0 heterocycles. The molecule has 0 aliphatic heterocycles. The van der Waals surface area contributed by atoms with Crippen LogP contribution in [0.4, 0.5) is 0 Å². The molecule has 4 heteroatoms. The highest BCUT2D eigenvalue weighted by atomic mass is 35.5. The lowest BCUT2D eigenvalue weighted by Gasteiger charge is -1.99. The van der Waals surface area contributed by atoms with Crippen molar-refractivity contribution in [1.29, 1.82) is 0 Å². The molecular formula is C6H12Cl2O2. The van der Waals surface area contributed by atoms with Crippen LogP contribution >= 0.6 is 24.8 Å². The van der Waals surface area contributed by atoms with E-state index in [1.54, 1.807) is 6.92 Å². The zero-order chi connectivity index (χ0) is 6.15. The molecule has 1 N–H and O–H groups in total. The van der Waals surface area contributed by atoms with Crippen LogP contribution in [0.15, 0.2) is 0 Å². The van der Waals surface area contributed by atoms with Crippen molar-refractivity contribution in [3.63, 3.8) is 0 Å². The molecule has 1 atom stereocenters. The molecule has 0 amide bonds. The van der Waals surface area contributed by atoms with Gasteiger partial charge >= 0.3 is 5.97 Å². The third kappa shape index (κ3) is 3.28. The van der Waals surface area contributed by atoms with Crippen molar-refractivity contribution in [2.45, 2.75) is 19.8 Å². The largest absolute Gasteiger partial charge is 0.481 e. The Kier molecular flexibility index (Phi) is 6.10.